The van der Waals surface area contributed by atoms with Crippen LogP contribution >= 0.6 is 0 Å². The second-order valence-corrected chi connectivity index (χ2v) is 7.58. The van der Waals surface area contributed by atoms with Gasteiger partial charge in [-0.1, -0.05) is 72.8 Å². The molecule has 0 unspecified atom stereocenters. The maximum Gasteiger partial charge on any atom is 0.251 e. The van der Waals surface area contributed by atoms with Gasteiger partial charge in [0.25, 0.3) is 5.91 Å². The standard InChI is InChI=1S/C29H25NO3/c1-33-26-18-14-23(15-19-26)29(32)30-20-24-7-3-5-9-28(24)27-8-4-2-6-22(27)13-10-21-11-16-25(31)17-12-21/h2-19,31H,20H2,1H3,(H,30,32). The number of rotatable bonds is 7. The Bertz CT molecular complexity index is 1260. The van der Waals surface area contributed by atoms with Gasteiger partial charge in [0.05, 0.1) is 7.11 Å². The lowest BCUT2D eigenvalue weighted by atomic mass is 9.94. The largest absolute Gasteiger partial charge is 0.508 e. The first-order valence-corrected chi connectivity index (χ1v) is 10.7. The van der Waals surface area contributed by atoms with Crippen molar-refractivity contribution in [1.29, 1.82) is 0 Å². The lowest BCUT2D eigenvalue weighted by molar-refractivity contribution is 0.0951. The van der Waals surface area contributed by atoms with Crippen molar-refractivity contribution in [2.75, 3.05) is 7.11 Å². The van der Waals surface area contributed by atoms with E-state index in [1.165, 1.54) is 0 Å². The van der Waals surface area contributed by atoms with Crippen LogP contribution in [0.15, 0.2) is 97.1 Å². The molecule has 0 aromatic heterocycles. The van der Waals surface area contributed by atoms with E-state index in [2.05, 4.69) is 29.6 Å². The number of hydrogen-bond acceptors (Lipinski definition) is 3. The van der Waals surface area contributed by atoms with Crippen LogP contribution in [0.5, 0.6) is 11.5 Å². The molecular weight excluding hydrogens is 410 g/mol. The molecule has 1 amide bonds. The monoisotopic (exact) mass is 435 g/mol. The Morgan fingerprint density at radius 1 is 0.818 bits per heavy atom. The molecule has 0 radical (unpaired) electrons. The van der Waals surface area contributed by atoms with Crippen LogP contribution in [0.2, 0.25) is 0 Å². The van der Waals surface area contributed by atoms with Gasteiger partial charge in [0, 0.05) is 12.1 Å². The van der Waals surface area contributed by atoms with Crippen molar-refractivity contribution >= 4 is 18.1 Å². The highest BCUT2D eigenvalue weighted by Crippen LogP contribution is 2.29. The summed E-state index contributed by atoms with van der Waals surface area (Å²) in [6.45, 7) is 0.414. The van der Waals surface area contributed by atoms with Gasteiger partial charge >= 0.3 is 0 Å². The molecule has 33 heavy (non-hydrogen) atoms. The zero-order valence-corrected chi connectivity index (χ0v) is 18.4. The zero-order chi connectivity index (χ0) is 23.0. The molecule has 4 nitrogen and oxygen atoms in total. The third-order valence-corrected chi connectivity index (χ3v) is 5.41. The van der Waals surface area contributed by atoms with Crippen molar-refractivity contribution in [2.45, 2.75) is 6.54 Å². The van der Waals surface area contributed by atoms with Crippen LogP contribution in [0.4, 0.5) is 0 Å². The van der Waals surface area contributed by atoms with Crippen molar-refractivity contribution in [1.82, 2.24) is 5.32 Å². The molecule has 0 aliphatic heterocycles. The molecule has 0 saturated heterocycles. The third kappa shape index (κ3) is 5.49. The highest BCUT2D eigenvalue weighted by molar-refractivity contribution is 5.94. The number of carbonyl (C=O) groups excluding carboxylic acids is 1. The van der Waals surface area contributed by atoms with E-state index in [4.69, 9.17) is 4.74 Å². The number of benzene rings is 4. The fraction of sp³-hybridized carbons (Fsp3) is 0.0690. The molecule has 2 N–H and O–H groups in total. The van der Waals surface area contributed by atoms with Crippen LogP contribution in [0.25, 0.3) is 23.3 Å². The molecule has 4 rings (SSSR count). The van der Waals surface area contributed by atoms with E-state index in [0.717, 1.165) is 27.8 Å². The van der Waals surface area contributed by atoms with Gasteiger partial charge in [0.15, 0.2) is 0 Å². The summed E-state index contributed by atoms with van der Waals surface area (Å²) in [5, 5.41) is 12.5. The van der Waals surface area contributed by atoms with Crippen LogP contribution in [0.1, 0.15) is 27.0 Å². The number of phenols is 1. The van der Waals surface area contributed by atoms with E-state index in [-0.39, 0.29) is 11.7 Å². The number of nitrogens with one attached hydrogen (secondary N) is 1. The molecule has 4 heteroatoms. The van der Waals surface area contributed by atoms with Gasteiger partial charge in [-0.05, 0) is 64.2 Å². The van der Waals surface area contributed by atoms with Crippen LogP contribution in [-0.2, 0) is 6.54 Å². The molecule has 4 aromatic rings. The van der Waals surface area contributed by atoms with E-state index >= 15 is 0 Å². The first-order valence-electron chi connectivity index (χ1n) is 10.7. The van der Waals surface area contributed by atoms with Crippen molar-refractivity contribution in [3.05, 3.63) is 119 Å². The van der Waals surface area contributed by atoms with Gasteiger partial charge in [-0.2, -0.15) is 0 Å². The highest BCUT2D eigenvalue weighted by atomic mass is 16.5. The molecule has 0 atom stereocenters. The second kappa shape index (κ2) is 10.3. The minimum Gasteiger partial charge on any atom is -0.508 e. The lowest BCUT2D eigenvalue weighted by Gasteiger charge is -2.13. The fourth-order valence-electron chi connectivity index (χ4n) is 3.62. The summed E-state index contributed by atoms with van der Waals surface area (Å²) >= 11 is 0. The topological polar surface area (TPSA) is 58.6 Å². The molecule has 4 aromatic carbocycles. The maximum atomic E-state index is 12.6. The number of aromatic hydroxyl groups is 1. The van der Waals surface area contributed by atoms with Crippen LogP contribution in [0.3, 0.4) is 0 Å². The summed E-state index contributed by atoms with van der Waals surface area (Å²) in [5.41, 5.74) is 5.85. The van der Waals surface area contributed by atoms with Crippen molar-refractivity contribution < 1.29 is 14.6 Å². The number of amides is 1. The maximum absolute atomic E-state index is 12.6. The highest BCUT2D eigenvalue weighted by Gasteiger charge is 2.10. The van der Waals surface area contributed by atoms with E-state index in [0.29, 0.717) is 17.9 Å². The number of methoxy groups -OCH3 is 1. The second-order valence-electron chi connectivity index (χ2n) is 7.58. The van der Waals surface area contributed by atoms with E-state index in [9.17, 15) is 9.90 Å². The average Bonchev–Trinajstić information content (AvgIpc) is 2.87. The van der Waals surface area contributed by atoms with E-state index in [1.54, 1.807) is 43.5 Å². The Hall–Kier alpha value is -4.31. The molecule has 0 aliphatic carbocycles. The summed E-state index contributed by atoms with van der Waals surface area (Å²) in [4.78, 5) is 12.6. The quantitative estimate of drug-likeness (QED) is 0.341. The Morgan fingerprint density at radius 2 is 1.48 bits per heavy atom. The molecule has 0 bridgehead atoms. The number of phenolic OH excluding ortho intramolecular Hbond substituents is 1. The van der Waals surface area contributed by atoms with Gasteiger partial charge < -0.3 is 15.2 Å². The first-order chi connectivity index (χ1) is 16.1. The summed E-state index contributed by atoms with van der Waals surface area (Å²) < 4.78 is 5.16. The average molecular weight is 436 g/mol. The summed E-state index contributed by atoms with van der Waals surface area (Å²) in [7, 11) is 1.60. The van der Waals surface area contributed by atoms with Gasteiger partial charge in [-0.25, -0.2) is 0 Å². The minimum absolute atomic E-state index is 0.132. The van der Waals surface area contributed by atoms with E-state index < -0.39 is 0 Å². The van der Waals surface area contributed by atoms with Crippen LogP contribution in [-0.4, -0.2) is 18.1 Å². The third-order valence-electron chi connectivity index (χ3n) is 5.41. The van der Waals surface area contributed by atoms with Gasteiger partial charge in [0.1, 0.15) is 11.5 Å². The summed E-state index contributed by atoms with van der Waals surface area (Å²) in [6.07, 6.45) is 4.08. The van der Waals surface area contributed by atoms with Crippen LogP contribution < -0.4 is 10.1 Å². The normalized spacial score (nSPS) is 10.8. The summed E-state index contributed by atoms with van der Waals surface area (Å²) in [5.74, 6) is 0.833. The Balaban J connectivity index is 1.56. The van der Waals surface area contributed by atoms with E-state index in [1.807, 2.05) is 48.5 Å². The van der Waals surface area contributed by atoms with Crippen LogP contribution in [0, 0.1) is 0 Å². The first kappa shape index (κ1) is 21.9. The molecule has 164 valence electrons. The van der Waals surface area contributed by atoms with Gasteiger partial charge in [0.2, 0.25) is 0 Å². The van der Waals surface area contributed by atoms with Gasteiger partial charge in [-0.3, -0.25) is 4.79 Å². The van der Waals surface area contributed by atoms with Crippen molar-refractivity contribution in [2.24, 2.45) is 0 Å². The molecule has 0 aliphatic rings. The Labute approximate surface area is 193 Å². The number of ether oxygens (including phenoxy) is 1. The smallest absolute Gasteiger partial charge is 0.251 e. The molecule has 0 heterocycles. The molecule has 0 spiro atoms. The fourth-order valence-corrected chi connectivity index (χ4v) is 3.62. The van der Waals surface area contributed by atoms with Crippen molar-refractivity contribution in [3.63, 3.8) is 0 Å². The lowest BCUT2D eigenvalue weighted by Crippen LogP contribution is -2.23. The molecule has 0 saturated carbocycles. The number of carbonyl (C=O) groups is 1. The Kier molecular flexibility index (Phi) is 6.86. The molecular formula is C29H25NO3. The van der Waals surface area contributed by atoms with Gasteiger partial charge in [-0.15, -0.1) is 0 Å². The predicted molar refractivity (Wildman–Crippen MR) is 133 cm³/mol. The Morgan fingerprint density at radius 3 is 2.21 bits per heavy atom. The molecule has 0 fully saturated rings. The summed E-state index contributed by atoms with van der Waals surface area (Å²) in [6, 6.07) is 30.4. The minimum atomic E-state index is -0.132. The number of hydrogen-bond donors (Lipinski definition) is 2. The zero-order valence-electron chi connectivity index (χ0n) is 18.4. The SMILES string of the molecule is COc1ccc(C(=O)NCc2ccccc2-c2ccccc2C=Cc2ccc(O)cc2)cc1. The predicted octanol–water partition coefficient (Wildman–Crippen LogP) is 6.17. The van der Waals surface area contributed by atoms with Crippen molar-refractivity contribution in [3.8, 4) is 22.6 Å².